The van der Waals surface area contributed by atoms with Gasteiger partial charge in [0.25, 0.3) is 0 Å². The van der Waals surface area contributed by atoms with Crippen LogP contribution >= 0.6 is 8.25 Å². The molecular formula is C3H8NO5P. The molecule has 0 aliphatic heterocycles. The van der Waals surface area contributed by atoms with Gasteiger partial charge in [0.05, 0.1) is 6.61 Å². The summed E-state index contributed by atoms with van der Waals surface area (Å²) >= 11 is 0. The Labute approximate surface area is 57.6 Å². The summed E-state index contributed by atoms with van der Waals surface area (Å²) in [5.74, 6) is -1.26. The molecule has 0 aromatic heterocycles. The van der Waals surface area contributed by atoms with Gasteiger partial charge in [0.15, 0.2) is 0 Å². The van der Waals surface area contributed by atoms with E-state index in [4.69, 9.17) is 15.7 Å². The topological polar surface area (TPSA) is 110 Å². The standard InChI is InChI=1S/C3H8NO5P/c4-2(3(5)6)1-9-10(7)8/h2,10H,1,4H2,(H,5,6)(H,7,8)/t2-/m0/s1. The van der Waals surface area contributed by atoms with E-state index in [1.54, 1.807) is 0 Å². The molecule has 0 saturated heterocycles. The first-order valence-corrected chi connectivity index (χ1v) is 3.64. The number of carboxylic acid groups (broad SMARTS) is 1. The Balaban J connectivity index is 3.49. The number of aliphatic carboxylic acids is 1. The Kier molecular flexibility index (Phi) is 4.22. The SMILES string of the molecule is N[C@@H](CO[PH](=O)O)C(=O)O. The number of hydrogen-bond acceptors (Lipinski definition) is 4. The van der Waals surface area contributed by atoms with Crippen LogP contribution in [0.1, 0.15) is 0 Å². The summed E-state index contributed by atoms with van der Waals surface area (Å²) in [4.78, 5) is 18.0. The first-order valence-electron chi connectivity index (χ1n) is 2.38. The van der Waals surface area contributed by atoms with Crippen LogP contribution in [0.2, 0.25) is 0 Å². The second-order valence-corrected chi connectivity index (χ2v) is 2.34. The Bertz CT molecular complexity index is 148. The molecule has 0 rings (SSSR count). The van der Waals surface area contributed by atoms with Gasteiger partial charge in [-0.1, -0.05) is 0 Å². The van der Waals surface area contributed by atoms with Crippen molar-refractivity contribution in [1.29, 1.82) is 0 Å². The van der Waals surface area contributed by atoms with Gasteiger partial charge >= 0.3 is 14.2 Å². The van der Waals surface area contributed by atoms with Gasteiger partial charge in [-0.15, -0.1) is 0 Å². The number of carbonyl (C=O) groups is 1. The molecule has 1 unspecified atom stereocenters. The van der Waals surface area contributed by atoms with Crippen molar-refractivity contribution in [2.24, 2.45) is 5.73 Å². The van der Waals surface area contributed by atoms with Gasteiger partial charge < -0.3 is 20.3 Å². The lowest BCUT2D eigenvalue weighted by Gasteiger charge is -2.03. The maximum atomic E-state index is 9.93. The summed E-state index contributed by atoms with van der Waals surface area (Å²) in [6, 6.07) is -1.24. The van der Waals surface area contributed by atoms with E-state index in [1.165, 1.54) is 0 Å². The average molecular weight is 169 g/mol. The fourth-order valence-electron chi connectivity index (χ4n) is 0.232. The molecule has 0 aromatic rings. The Morgan fingerprint density at radius 3 is 2.60 bits per heavy atom. The summed E-state index contributed by atoms with van der Waals surface area (Å²) in [6.45, 7) is -0.441. The van der Waals surface area contributed by atoms with E-state index in [2.05, 4.69) is 4.52 Å². The van der Waals surface area contributed by atoms with Crippen LogP contribution in [0.5, 0.6) is 0 Å². The molecule has 7 heteroatoms. The van der Waals surface area contributed by atoms with E-state index in [0.29, 0.717) is 0 Å². The third-order valence-electron chi connectivity index (χ3n) is 0.704. The third-order valence-corrected chi connectivity index (χ3v) is 1.12. The molecule has 0 aliphatic carbocycles. The fraction of sp³-hybridized carbons (Fsp3) is 0.667. The summed E-state index contributed by atoms with van der Waals surface area (Å²) in [5, 5.41) is 8.12. The monoisotopic (exact) mass is 169 g/mol. The summed E-state index contributed by atoms with van der Waals surface area (Å²) < 4.78 is 13.9. The van der Waals surface area contributed by atoms with Gasteiger partial charge in [0.2, 0.25) is 0 Å². The molecule has 0 amide bonds. The van der Waals surface area contributed by atoms with E-state index < -0.39 is 26.9 Å². The molecule has 0 radical (unpaired) electrons. The summed E-state index contributed by atoms with van der Waals surface area (Å²) in [6.07, 6.45) is 0. The van der Waals surface area contributed by atoms with Crippen molar-refractivity contribution in [2.45, 2.75) is 6.04 Å². The van der Waals surface area contributed by atoms with Crippen LogP contribution in [0.4, 0.5) is 0 Å². The van der Waals surface area contributed by atoms with Crippen LogP contribution in [-0.2, 0) is 13.9 Å². The Morgan fingerprint density at radius 2 is 2.30 bits per heavy atom. The lowest BCUT2D eigenvalue weighted by atomic mass is 10.3. The second-order valence-electron chi connectivity index (χ2n) is 1.52. The third kappa shape index (κ3) is 4.46. The number of hydrogen-bond donors (Lipinski definition) is 3. The zero-order valence-corrected chi connectivity index (χ0v) is 5.98. The minimum Gasteiger partial charge on any atom is -0.480 e. The van der Waals surface area contributed by atoms with Crippen LogP contribution in [0.15, 0.2) is 0 Å². The zero-order chi connectivity index (χ0) is 8.15. The molecule has 0 spiro atoms. The zero-order valence-electron chi connectivity index (χ0n) is 4.98. The van der Waals surface area contributed by atoms with Crippen LogP contribution in [-0.4, -0.2) is 28.6 Å². The van der Waals surface area contributed by atoms with Crippen molar-refractivity contribution in [1.82, 2.24) is 0 Å². The van der Waals surface area contributed by atoms with Crippen LogP contribution in [0, 0.1) is 0 Å². The van der Waals surface area contributed by atoms with E-state index in [1.807, 2.05) is 0 Å². The van der Waals surface area contributed by atoms with Crippen molar-refractivity contribution in [3.63, 3.8) is 0 Å². The van der Waals surface area contributed by atoms with E-state index in [9.17, 15) is 9.36 Å². The highest BCUT2D eigenvalue weighted by molar-refractivity contribution is 7.32. The highest BCUT2D eigenvalue weighted by Crippen LogP contribution is 2.13. The summed E-state index contributed by atoms with van der Waals surface area (Å²) in [5.41, 5.74) is 4.91. The van der Waals surface area contributed by atoms with Gasteiger partial charge in [0, 0.05) is 0 Å². The van der Waals surface area contributed by atoms with Crippen molar-refractivity contribution in [2.75, 3.05) is 6.61 Å². The minimum absolute atomic E-state index is 0.441. The predicted molar refractivity (Wildman–Crippen MR) is 32.8 cm³/mol. The number of rotatable bonds is 4. The van der Waals surface area contributed by atoms with Gasteiger partial charge in [-0.3, -0.25) is 9.36 Å². The van der Waals surface area contributed by atoms with Crippen molar-refractivity contribution < 1.29 is 23.9 Å². The minimum atomic E-state index is -3.06. The highest BCUT2D eigenvalue weighted by Gasteiger charge is 2.11. The molecule has 0 heterocycles. The first-order chi connectivity index (χ1) is 4.54. The number of nitrogens with two attached hydrogens (primary N) is 1. The van der Waals surface area contributed by atoms with E-state index in [-0.39, 0.29) is 0 Å². The molecule has 0 aliphatic rings. The average Bonchev–Trinajstić information content (AvgIpc) is 1.82. The predicted octanol–water partition coefficient (Wildman–Crippen LogP) is -1.20. The molecule has 0 bridgehead atoms. The van der Waals surface area contributed by atoms with Gasteiger partial charge in [-0.25, -0.2) is 0 Å². The van der Waals surface area contributed by atoms with Crippen LogP contribution in [0.3, 0.4) is 0 Å². The van der Waals surface area contributed by atoms with E-state index in [0.717, 1.165) is 0 Å². The Morgan fingerprint density at radius 1 is 1.80 bits per heavy atom. The van der Waals surface area contributed by atoms with Gasteiger partial charge in [-0.05, 0) is 0 Å². The molecule has 4 N–H and O–H groups in total. The number of carboxylic acids is 1. The van der Waals surface area contributed by atoms with Gasteiger partial charge in [-0.2, -0.15) is 0 Å². The lowest BCUT2D eigenvalue weighted by Crippen LogP contribution is -2.34. The van der Waals surface area contributed by atoms with Crippen molar-refractivity contribution in [3.05, 3.63) is 0 Å². The van der Waals surface area contributed by atoms with Crippen LogP contribution < -0.4 is 5.73 Å². The lowest BCUT2D eigenvalue weighted by molar-refractivity contribution is -0.139. The largest absolute Gasteiger partial charge is 0.480 e. The smallest absolute Gasteiger partial charge is 0.322 e. The van der Waals surface area contributed by atoms with Crippen LogP contribution in [0.25, 0.3) is 0 Å². The van der Waals surface area contributed by atoms with E-state index >= 15 is 0 Å². The maximum Gasteiger partial charge on any atom is 0.322 e. The molecule has 0 fully saturated rings. The fourth-order valence-corrected chi connectivity index (χ4v) is 0.554. The molecule has 0 aromatic carbocycles. The van der Waals surface area contributed by atoms with Gasteiger partial charge in [0.1, 0.15) is 6.04 Å². The van der Waals surface area contributed by atoms with Crippen molar-refractivity contribution >= 4 is 14.2 Å². The second kappa shape index (κ2) is 4.40. The molecular weight excluding hydrogens is 161 g/mol. The molecule has 10 heavy (non-hydrogen) atoms. The molecule has 0 saturated carbocycles. The quantitative estimate of drug-likeness (QED) is 0.456. The normalized spacial score (nSPS) is 16.2. The van der Waals surface area contributed by atoms with Crippen molar-refractivity contribution in [3.8, 4) is 0 Å². The maximum absolute atomic E-state index is 9.93. The molecule has 2 atom stereocenters. The highest BCUT2D eigenvalue weighted by atomic mass is 31.1. The first kappa shape index (κ1) is 9.58. The summed E-state index contributed by atoms with van der Waals surface area (Å²) in [7, 11) is -3.06. The molecule has 6 nitrogen and oxygen atoms in total. The Hall–Kier alpha value is -0.420. The molecule has 60 valence electrons.